The summed E-state index contributed by atoms with van der Waals surface area (Å²) in [4.78, 5) is 42.9. The van der Waals surface area contributed by atoms with E-state index in [2.05, 4.69) is 42.7 Å². The third-order valence-electron chi connectivity index (χ3n) is 9.47. The minimum atomic E-state index is -4.75. The van der Waals surface area contributed by atoms with Gasteiger partial charge in [-0.3, -0.25) is 14.1 Å². The van der Waals surface area contributed by atoms with Crippen molar-refractivity contribution in [2.24, 2.45) is 0 Å². The minimum Gasteiger partial charge on any atom is -0.462 e. The molecule has 9 heteroatoms. The molecule has 0 heterocycles. The molecule has 306 valence electrons. The highest BCUT2D eigenvalue weighted by Gasteiger charge is 2.22. The molecule has 0 aliphatic carbocycles. The second-order valence-corrected chi connectivity index (χ2v) is 15.9. The molecule has 0 spiro atoms. The van der Waals surface area contributed by atoms with Crippen LogP contribution in [0.4, 0.5) is 0 Å². The monoisotopic (exact) mass is 757 g/mol. The number of allylic oxidation sites excluding steroid dienone is 4. The van der Waals surface area contributed by atoms with E-state index in [9.17, 15) is 14.2 Å². The van der Waals surface area contributed by atoms with E-state index >= 15 is 0 Å². The van der Waals surface area contributed by atoms with Crippen LogP contribution in [0.15, 0.2) is 24.3 Å². The summed E-state index contributed by atoms with van der Waals surface area (Å²) >= 11 is 0. The van der Waals surface area contributed by atoms with Gasteiger partial charge in [0.05, 0.1) is 6.61 Å². The van der Waals surface area contributed by atoms with Crippen LogP contribution in [-0.2, 0) is 28.2 Å². The van der Waals surface area contributed by atoms with Gasteiger partial charge in [-0.25, -0.2) is 4.57 Å². The van der Waals surface area contributed by atoms with Crippen LogP contribution in [-0.4, -0.2) is 41.0 Å². The summed E-state index contributed by atoms with van der Waals surface area (Å²) in [5.41, 5.74) is 0. The van der Waals surface area contributed by atoms with Crippen molar-refractivity contribution in [3.8, 4) is 0 Å². The molecule has 52 heavy (non-hydrogen) atoms. The van der Waals surface area contributed by atoms with Crippen LogP contribution in [0.2, 0.25) is 0 Å². The van der Waals surface area contributed by atoms with Gasteiger partial charge in [-0.2, -0.15) is 0 Å². The summed E-state index contributed by atoms with van der Waals surface area (Å²) in [7, 11) is -4.75. The SMILES string of the molecule is CCCCC/C=C/C/C=C/CCCCCCCCCCCC(=O)OC[C@H](COP(=O)(O)O)OC(=O)CCCCCCCCCCCCCCCCC. The fourth-order valence-electron chi connectivity index (χ4n) is 6.23. The summed E-state index contributed by atoms with van der Waals surface area (Å²) in [6.45, 7) is 3.68. The fraction of sp³-hybridized carbons (Fsp3) is 0.860. The van der Waals surface area contributed by atoms with Gasteiger partial charge in [0, 0.05) is 12.8 Å². The molecule has 0 aromatic carbocycles. The largest absolute Gasteiger partial charge is 0.469 e. The summed E-state index contributed by atoms with van der Waals surface area (Å²) in [5, 5.41) is 0. The summed E-state index contributed by atoms with van der Waals surface area (Å²) < 4.78 is 26.4. The Kier molecular flexibility index (Phi) is 38.1. The molecule has 0 aliphatic rings. The molecular weight excluding hydrogens is 675 g/mol. The molecule has 0 aromatic rings. The van der Waals surface area contributed by atoms with Crippen molar-refractivity contribution in [1.29, 1.82) is 0 Å². The lowest BCUT2D eigenvalue weighted by molar-refractivity contribution is -0.161. The Morgan fingerprint density at radius 3 is 1.31 bits per heavy atom. The van der Waals surface area contributed by atoms with E-state index < -0.39 is 32.5 Å². The lowest BCUT2D eigenvalue weighted by Gasteiger charge is -2.18. The first-order valence-corrected chi connectivity index (χ1v) is 23.2. The van der Waals surface area contributed by atoms with Gasteiger partial charge < -0.3 is 19.3 Å². The van der Waals surface area contributed by atoms with E-state index in [-0.39, 0.29) is 19.4 Å². The van der Waals surface area contributed by atoms with Crippen molar-refractivity contribution < 1.29 is 37.9 Å². The first-order chi connectivity index (χ1) is 25.3. The number of phosphoric ester groups is 1. The van der Waals surface area contributed by atoms with Crippen LogP contribution in [0.3, 0.4) is 0 Å². The molecule has 8 nitrogen and oxygen atoms in total. The lowest BCUT2D eigenvalue weighted by Crippen LogP contribution is -2.29. The van der Waals surface area contributed by atoms with E-state index in [4.69, 9.17) is 19.3 Å². The first kappa shape index (κ1) is 50.5. The number of ether oxygens (including phenoxy) is 2. The number of phosphoric acid groups is 1. The van der Waals surface area contributed by atoms with Gasteiger partial charge in [-0.05, 0) is 44.9 Å². The van der Waals surface area contributed by atoms with Crippen molar-refractivity contribution in [3.63, 3.8) is 0 Å². The van der Waals surface area contributed by atoms with Crippen molar-refractivity contribution in [2.75, 3.05) is 13.2 Å². The second-order valence-electron chi connectivity index (χ2n) is 14.7. The van der Waals surface area contributed by atoms with Crippen molar-refractivity contribution in [2.45, 2.75) is 225 Å². The average Bonchev–Trinajstić information content (AvgIpc) is 3.11. The summed E-state index contributed by atoms with van der Waals surface area (Å²) in [6, 6.07) is 0. The van der Waals surface area contributed by atoms with Crippen molar-refractivity contribution in [3.05, 3.63) is 24.3 Å². The van der Waals surface area contributed by atoms with Gasteiger partial charge in [0.15, 0.2) is 6.10 Å². The molecule has 1 atom stereocenters. The van der Waals surface area contributed by atoms with Crippen LogP contribution in [0.25, 0.3) is 0 Å². The minimum absolute atomic E-state index is 0.216. The van der Waals surface area contributed by atoms with E-state index in [1.165, 1.54) is 135 Å². The average molecular weight is 757 g/mol. The maximum Gasteiger partial charge on any atom is 0.469 e. The Bertz CT molecular complexity index is 900. The number of unbranched alkanes of at least 4 members (excludes halogenated alkanes) is 26. The zero-order valence-electron chi connectivity index (χ0n) is 33.7. The fourth-order valence-corrected chi connectivity index (χ4v) is 6.59. The molecule has 0 unspecified atom stereocenters. The standard InChI is InChI=1S/C43H81O8P/c1-3-5-7-9-11-13-15-17-19-20-21-22-24-25-27-29-31-33-35-37-42(44)49-39-41(40-50-52(46,47)48)51-43(45)38-36-34-32-30-28-26-23-18-16-14-12-10-8-6-4-2/h11,13,17,19,41H,3-10,12,14-16,18,20-40H2,1-2H3,(H2,46,47,48)/b13-11+,19-17+/t41-/m1/s1. The molecule has 0 aromatic heterocycles. The molecule has 0 saturated heterocycles. The highest BCUT2D eigenvalue weighted by molar-refractivity contribution is 7.46. The molecule has 0 aliphatic heterocycles. The highest BCUT2D eigenvalue weighted by atomic mass is 31.2. The maximum absolute atomic E-state index is 12.4. The van der Waals surface area contributed by atoms with E-state index in [0.29, 0.717) is 6.42 Å². The molecular formula is C43H81O8P. The van der Waals surface area contributed by atoms with E-state index in [0.717, 1.165) is 51.4 Å². The quantitative estimate of drug-likeness (QED) is 0.0274. The van der Waals surface area contributed by atoms with E-state index in [1.807, 2.05) is 0 Å². The number of rotatable bonds is 40. The topological polar surface area (TPSA) is 119 Å². The van der Waals surface area contributed by atoms with E-state index in [1.54, 1.807) is 0 Å². The Morgan fingerprint density at radius 1 is 0.500 bits per heavy atom. The van der Waals surface area contributed by atoms with Gasteiger partial charge >= 0.3 is 19.8 Å². The van der Waals surface area contributed by atoms with Crippen LogP contribution >= 0.6 is 7.82 Å². The molecule has 0 radical (unpaired) electrons. The second kappa shape index (κ2) is 39.2. The Labute approximate surface area is 319 Å². The normalized spacial score (nSPS) is 12.6. The summed E-state index contributed by atoms with van der Waals surface area (Å²) in [5.74, 6) is -0.880. The lowest BCUT2D eigenvalue weighted by atomic mass is 10.0. The number of carbonyl (C=O) groups is 2. The van der Waals surface area contributed by atoms with Crippen LogP contribution < -0.4 is 0 Å². The van der Waals surface area contributed by atoms with Crippen molar-refractivity contribution >= 4 is 19.8 Å². The van der Waals surface area contributed by atoms with Crippen molar-refractivity contribution in [1.82, 2.24) is 0 Å². The number of esters is 2. The summed E-state index contributed by atoms with van der Waals surface area (Å²) in [6.07, 6.45) is 44.6. The number of hydrogen-bond donors (Lipinski definition) is 2. The zero-order valence-corrected chi connectivity index (χ0v) is 34.6. The highest BCUT2D eigenvalue weighted by Crippen LogP contribution is 2.36. The van der Waals surface area contributed by atoms with Gasteiger partial charge in [0.2, 0.25) is 0 Å². The third kappa shape index (κ3) is 41.3. The Hall–Kier alpha value is -1.47. The molecule has 0 saturated carbocycles. The molecule has 0 fully saturated rings. The Morgan fingerprint density at radius 2 is 0.865 bits per heavy atom. The predicted octanol–water partition coefficient (Wildman–Crippen LogP) is 13.2. The molecule has 2 N–H and O–H groups in total. The van der Waals surface area contributed by atoms with Gasteiger partial charge in [0.25, 0.3) is 0 Å². The first-order valence-electron chi connectivity index (χ1n) is 21.6. The smallest absolute Gasteiger partial charge is 0.462 e. The number of carbonyl (C=O) groups excluding carboxylic acids is 2. The predicted molar refractivity (Wildman–Crippen MR) is 216 cm³/mol. The molecule has 0 rings (SSSR count). The molecule has 0 bridgehead atoms. The van der Waals surface area contributed by atoms with Crippen LogP contribution in [0.1, 0.15) is 219 Å². The van der Waals surface area contributed by atoms with Crippen LogP contribution in [0, 0.1) is 0 Å². The zero-order chi connectivity index (χ0) is 38.2. The Balaban J connectivity index is 3.87. The van der Waals surface area contributed by atoms with Crippen LogP contribution in [0.5, 0.6) is 0 Å². The van der Waals surface area contributed by atoms with Gasteiger partial charge in [0.1, 0.15) is 6.61 Å². The third-order valence-corrected chi connectivity index (χ3v) is 9.96. The maximum atomic E-state index is 12.4. The van der Waals surface area contributed by atoms with Gasteiger partial charge in [-0.1, -0.05) is 186 Å². The number of hydrogen-bond acceptors (Lipinski definition) is 6. The molecule has 0 amide bonds. The van der Waals surface area contributed by atoms with Gasteiger partial charge in [-0.15, -0.1) is 0 Å².